The minimum absolute atomic E-state index is 0.0426. The number of benzene rings is 2. The maximum Gasteiger partial charge on any atom is 0.244 e. The average Bonchev–Trinajstić information content (AvgIpc) is 2.76. The van der Waals surface area contributed by atoms with Gasteiger partial charge in [0, 0.05) is 23.1 Å². The Kier molecular flexibility index (Phi) is 9.79. The van der Waals surface area contributed by atoms with Crippen molar-refractivity contribution in [2.45, 2.75) is 40.3 Å². The number of anilines is 1. The Morgan fingerprint density at radius 1 is 1.00 bits per heavy atom. The van der Waals surface area contributed by atoms with Gasteiger partial charge in [-0.25, -0.2) is 8.42 Å². The quantitative estimate of drug-likeness (QED) is 0.500. The van der Waals surface area contributed by atoms with Gasteiger partial charge in [-0.15, -0.1) is 0 Å². The van der Waals surface area contributed by atoms with E-state index in [1.807, 2.05) is 13.8 Å². The summed E-state index contributed by atoms with van der Waals surface area (Å²) in [6, 6.07) is 11.0. The highest BCUT2D eigenvalue weighted by atomic mass is 35.5. The molecule has 2 rings (SSSR count). The van der Waals surface area contributed by atoms with Gasteiger partial charge < -0.3 is 10.2 Å². The average molecular weight is 529 g/mol. The highest BCUT2D eigenvalue weighted by Crippen LogP contribution is 2.28. The Balaban J connectivity index is 2.43. The summed E-state index contributed by atoms with van der Waals surface area (Å²) in [4.78, 5) is 27.7. The minimum Gasteiger partial charge on any atom is -0.354 e. The normalized spacial score (nSPS) is 12.4. The molecule has 7 nitrogen and oxygen atoms in total. The van der Waals surface area contributed by atoms with Crippen LogP contribution in [0.2, 0.25) is 10.0 Å². The first-order valence-corrected chi connectivity index (χ1v) is 13.5. The monoisotopic (exact) mass is 527 g/mol. The molecule has 0 aliphatic carbocycles. The fourth-order valence-corrected chi connectivity index (χ4v) is 4.57. The van der Waals surface area contributed by atoms with Gasteiger partial charge in [0.1, 0.15) is 12.6 Å². The number of carbonyl (C=O) groups is 2. The second-order valence-corrected chi connectivity index (χ2v) is 11.3. The molecular weight excluding hydrogens is 497 g/mol. The highest BCUT2D eigenvalue weighted by Gasteiger charge is 2.31. The lowest BCUT2D eigenvalue weighted by Gasteiger charge is -2.32. The topological polar surface area (TPSA) is 86.8 Å². The first-order chi connectivity index (χ1) is 15.8. The number of hydrogen-bond donors (Lipinski definition) is 1. The molecule has 0 spiro atoms. The maximum absolute atomic E-state index is 13.5. The van der Waals surface area contributed by atoms with E-state index in [2.05, 4.69) is 5.32 Å². The molecule has 0 radical (unpaired) electrons. The van der Waals surface area contributed by atoms with Gasteiger partial charge in [-0.1, -0.05) is 61.3 Å². The predicted octanol–water partition coefficient (Wildman–Crippen LogP) is 4.26. The van der Waals surface area contributed by atoms with Crippen LogP contribution in [-0.2, 0) is 26.2 Å². The third kappa shape index (κ3) is 7.35. The van der Waals surface area contributed by atoms with E-state index in [1.165, 1.54) is 4.90 Å². The molecule has 2 amide bonds. The summed E-state index contributed by atoms with van der Waals surface area (Å²) in [6.07, 6.45) is 1.03. The zero-order valence-corrected chi connectivity index (χ0v) is 22.3. The molecule has 1 atom stereocenters. The lowest BCUT2D eigenvalue weighted by molar-refractivity contribution is -0.139. The molecule has 0 unspecified atom stereocenters. The lowest BCUT2D eigenvalue weighted by atomic mass is 10.1. The molecule has 0 aliphatic heterocycles. The number of nitrogens with zero attached hydrogens (tertiary/aromatic N) is 2. The van der Waals surface area contributed by atoms with E-state index in [1.54, 1.807) is 56.3 Å². The molecule has 2 aromatic carbocycles. The maximum atomic E-state index is 13.5. The third-order valence-electron chi connectivity index (χ3n) is 5.34. The highest BCUT2D eigenvalue weighted by molar-refractivity contribution is 7.92. The number of nitrogens with one attached hydrogen (secondary N) is 1. The van der Waals surface area contributed by atoms with Crippen LogP contribution >= 0.6 is 23.2 Å². The molecule has 0 aliphatic rings. The smallest absolute Gasteiger partial charge is 0.244 e. The van der Waals surface area contributed by atoms with Crippen molar-refractivity contribution in [3.63, 3.8) is 0 Å². The van der Waals surface area contributed by atoms with E-state index in [0.717, 1.165) is 10.6 Å². The Hall–Kier alpha value is -2.29. The molecule has 34 heavy (non-hydrogen) atoms. The molecule has 2 aromatic rings. The summed E-state index contributed by atoms with van der Waals surface area (Å²) in [5, 5.41) is 3.66. The van der Waals surface area contributed by atoms with Gasteiger partial charge in [-0.05, 0) is 49.1 Å². The fourth-order valence-electron chi connectivity index (χ4n) is 3.31. The standard InChI is InChI=1S/C24H31Cl2N3O4S/c1-16(2)13-27-24(31)18(4)28(14-19-9-6-7-10-21(19)26)23(30)15-29(34(5,32)33)22-12-8-11-20(25)17(22)3/h6-12,16,18H,13-15H2,1-5H3,(H,27,31)/t18-/m1/s1. The van der Waals surface area contributed by atoms with Gasteiger partial charge in [0.2, 0.25) is 21.8 Å². The van der Waals surface area contributed by atoms with Crippen molar-refractivity contribution in [2.24, 2.45) is 5.92 Å². The van der Waals surface area contributed by atoms with Crippen LogP contribution in [0.15, 0.2) is 42.5 Å². The molecule has 186 valence electrons. The minimum atomic E-state index is -3.83. The van der Waals surface area contributed by atoms with Crippen molar-refractivity contribution >= 4 is 50.7 Å². The van der Waals surface area contributed by atoms with E-state index >= 15 is 0 Å². The molecule has 0 aromatic heterocycles. The number of sulfonamides is 1. The van der Waals surface area contributed by atoms with Crippen molar-refractivity contribution in [1.82, 2.24) is 10.2 Å². The van der Waals surface area contributed by atoms with Gasteiger partial charge >= 0.3 is 0 Å². The largest absolute Gasteiger partial charge is 0.354 e. The lowest BCUT2D eigenvalue weighted by Crippen LogP contribution is -2.51. The molecule has 0 bridgehead atoms. The van der Waals surface area contributed by atoms with Crippen molar-refractivity contribution in [3.8, 4) is 0 Å². The van der Waals surface area contributed by atoms with Crippen LogP contribution in [0.25, 0.3) is 0 Å². The molecule has 1 N–H and O–H groups in total. The van der Waals surface area contributed by atoms with Crippen LogP contribution in [-0.4, -0.2) is 50.5 Å². The van der Waals surface area contributed by atoms with Crippen LogP contribution in [0.1, 0.15) is 31.9 Å². The van der Waals surface area contributed by atoms with Gasteiger partial charge in [0.25, 0.3) is 0 Å². The van der Waals surface area contributed by atoms with Crippen LogP contribution in [0.5, 0.6) is 0 Å². The zero-order chi connectivity index (χ0) is 25.6. The molecule has 0 saturated heterocycles. The van der Waals surface area contributed by atoms with Crippen LogP contribution in [0.4, 0.5) is 5.69 Å². The summed E-state index contributed by atoms with van der Waals surface area (Å²) in [6.45, 7) is 7.23. The second-order valence-electron chi connectivity index (χ2n) is 8.58. The zero-order valence-electron chi connectivity index (χ0n) is 20.0. The second kappa shape index (κ2) is 11.9. The van der Waals surface area contributed by atoms with Gasteiger partial charge in [-0.3, -0.25) is 13.9 Å². The van der Waals surface area contributed by atoms with Gasteiger partial charge in [0.05, 0.1) is 11.9 Å². The SMILES string of the molecule is Cc1c(Cl)cccc1N(CC(=O)N(Cc1ccccc1Cl)[C@H](C)C(=O)NCC(C)C)S(C)(=O)=O. The van der Waals surface area contributed by atoms with Gasteiger partial charge in [0.15, 0.2) is 0 Å². The Labute approximate surface area is 212 Å². The van der Waals surface area contributed by atoms with E-state index in [-0.39, 0.29) is 18.4 Å². The van der Waals surface area contributed by atoms with Crippen LogP contribution in [0.3, 0.4) is 0 Å². The van der Waals surface area contributed by atoms with Gasteiger partial charge in [-0.2, -0.15) is 0 Å². The van der Waals surface area contributed by atoms with Crippen molar-refractivity contribution < 1.29 is 18.0 Å². The first-order valence-electron chi connectivity index (χ1n) is 10.9. The van der Waals surface area contributed by atoms with E-state index in [9.17, 15) is 18.0 Å². The summed E-state index contributed by atoms with van der Waals surface area (Å²) in [5.74, 6) is -0.647. The Morgan fingerprint density at radius 2 is 1.62 bits per heavy atom. The molecule has 0 saturated carbocycles. The van der Waals surface area contributed by atoms with Crippen molar-refractivity contribution in [2.75, 3.05) is 23.7 Å². The number of carbonyl (C=O) groups excluding carboxylic acids is 2. The number of hydrogen-bond acceptors (Lipinski definition) is 4. The molecule has 0 fully saturated rings. The molecule has 0 heterocycles. The predicted molar refractivity (Wildman–Crippen MR) is 138 cm³/mol. The Morgan fingerprint density at radius 3 is 2.21 bits per heavy atom. The Bertz CT molecular complexity index is 1140. The number of amides is 2. The van der Waals surface area contributed by atoms with Crippen molar-refractivity contribution in [1.29, 1.82) is 0 Å². The third-order valence-corrected chi connectivity index (χ3v) is 7.24. The first kappa shape index (κ1) is 28.0. The van der Waals surface area contributed by atoms with Crippen LogP contribution in [0, 0.1) is 12.8 Å². The molecular formula is C24H31Cl2N3O4S. The summed E-state index contributed by atoms with van der Waals surface area (Å²) < 4.78 is 26.3. The van der Waals surface area contributed by atoms with Crippen LogP contribution < -0.4 is 9.62 Å². The molecule has 10 heteroatoms. The van der Waals surface area contributed by atoms with E-state index < -0.39 is 28.5 Å². The van der Waals surface area contributed by atoms with Crippen molar-refractivity contribution in [3.05, 3.63) is 63.6 Å². The van der Waals surface area contributed by atoms with E-state index in [0.29, 0.717) is 33.4 Å². The number of halogens is 2. The van der Waals surface area contributed by atoms with E-state index in [4.69, 9.17) is 23.2 Å². The summed E-state index contributed by atoms with van der Waals surface area (Å²) in [7, 11) is -3.83. The summed E-state index contributed by atoms with van der Waals surface area (Å²) in [5.41, 5.74) is 1.48. The fraction of sp³-hybridized carbons (Fsp3) is 0.417. The number of rotatable bonds is 10. The summed E-state index contributed by atoms with van der Waals surface area (Å²) >= 11 is 12.5.